The van der Waals surface area contributed by atoms with Gasteiger partial charge in [0.1, 0.15) is 11.4 Å². The molecule has 2 aromatic heterocycles. The predicted molar refractivity (Wildman–Crippen MR) is 79.4 cm³/mol. The van der Waals surface area contributed by atoms with Crippen LogP contribution >= 0.6 is 11.3 Å². The molecule has 20 heavy (non-hydrogen) atoms. The number of hydrogen-bond acceptors (Lipinski definition) is 4. The number of nitrogens with zero attached hydrogens (tertiary/aromatic N) is 2. The average molecular weight is 285 g/mol. The maximum atomic E-state index is 5.94. The topological polar surface area (TPSA) is 38.6 Å². The lowest BCUT2D eigenvalue weighted by Crippen LogP contribution is -2.16. The van der Waals surface area contributed by atoms with Crippen LogP contribution in [-0.4, -0.2) is 15.4 Å². The summed E-state index contributed by atoms with van der Waals surface area (Å²) in [5, 5.41) is 5.58. The van der Waals surface area contributed by atoms with E-state index < -0.39 is 0 Å². The smallest absolute Gasteiger partial charge is 0.243 e. The molecule has 1 fully saturated rings. The summed E-state index contributed by atoms with van der Waals surface area (Å²) >= 11 is 1.63. The molecule has 0 spiro atoms. The Morgan fingerprint density at radius 2 is 2.15 bits per heavy atom. The van der Waals surface area contributed by atoms with E-state index in [4.69, 9.17) is 4.74 Å². The lowest BCUT2D eigenvalue weighted by Gasteiger charge is -2.06. The molecule has 2 heterocycles. The first-order chi connectivity index (χ1) is 9.90. The van der Waals surface area contributed by atoms with E-state index in [9.17, 15) is 0 Å². The van der Waals surface area contributed by atoms with Crippen molar-refractivity contribution < 1.29 is 4.74 Å². The zero-order valence-corrected chi connectivity index (χ0v) is 11.8. The van der Waals surface area contributed by atoms with Gasteiger partial charge in [0.2, 0.25) is 5.88 Å². The van der Waals surface area contributed by atoms with Crippen molar-refractivity contribution in [2.45, 2.75) is 25.4 Å². The van der Waals surface area contributed by atoms with Crippen LogP contribution in [0.3, 0.4) is 0 Å². The number of fused-ring (bicyclic) bond motifs is 1. The van der Waals surface area contributed by atoms with Crippen LogP contribution < -0.4 is 10.1 Å². The minimum Gasteiger partial charge on any atom is -0.437 e. The number of nitrogens with one attached hydrogen (secondary N) is 1. The number of hydrogen-bond donors (Lipinski definition) is 1. The molecule has 1 saturated carbocycles. The van der Waals surface area contributed by atoms with Gasteiger partial charge in [0.15, 0.2) is 4.96 Å². The van der Waals surface area contributed by atoms with Crippen molar-refractivity contribution in [1.29, 1.82) is 0 Å². The van der Waals surface area contributed by atoms with Crippen molar-refractivity contribution in [3.63, 3.8) is 0 Å². The number of aromatic nitrogens is 2. The van der Waals surface area contributed by atoms with Crippen molar-refractivity contribution in [3.8, 4) is 11.6 Å². The van der Waals surface area contributed by atoms with Gasteiger partial charge in [-0.15, -0.1) is 11.3 Å². The number of ether oxygens (including phenoxy) is 1. The van der Waals surface area contributed by atoms with Crippen LogP contribution in [0.4, 0.5) is 0 Å². The largest absolute Gasteiger partial charge is 0.437 e. The summed E-state index contributed by atoms with van der Waals surface area (Å²) in [6.07, 6.45) is 4.61. The number of para-hydroxylation sites is 1. The van der Waals surface area contributed by atoms with Gasteiger partial charge in [-0.2, -0.15) is 4.98 Å². The second kappa shape index (κ2) is 4.92. The number of imidazole rings is 1. The maximum Gasteiger partial charge on any atom is 0.243 e. The summed E-state index contributed by atoms with van der Waals surface area (Å²) < 4.78 is 8.05. The van der Waals surface area contributed by atoms with Crippen LogP contribution in [0, 0.1) is 0 Å². The first-order valence-electron chi connectivity index (χ1n) is 6.81. The molecular weight excluding hydrogens is 270 g/mol. The van der Waals surface area contributed by atoms with Crippen LogP contribution in [0.2, 0.25) is 0 Å². The molecule has 1 N–H and O–H groups in total. The van der Waals surface area contributed by atoms with Gasteiger partial charge in [0, 0.05) is 24.2 Å². The maximum absolute atomic E-state index is 5.94. The first kappa shape index (κ1) is 11.9. The molecule has 1 aliphatic carbocycles. The Balaban J connectivity index is 1.65. The summed E-state index contributed by atoms with van der Waals surface area (Å²) in [6, 6.07) is 10.5. The quantitative estimate of drug-likeness (QED) is 0.780. The van der Waals surface area contributed by atoms with Crippen molar-refractivity contribution in [2.75, 3.05) is 0 Å². The van der Waals surface area contributed by atoms with E-state index in [0.717, 1.165) is 22.9 Å². The fourth-order valence-corrected chi connectivity index (χ4v) is 2.91. The summed E-state index contributed by atoms with van der Waals surface area (Å²) in [5.74, 6) is 1.53. The Bertz CT molecular complexity index is 715. The van der Waals surface area contributed by atoms with Gasteiger partial charge in [-0.05, 0) is 25.0 Å². The lowest BCUT2D eigenvalue weighted by molar-refractivity contribution is 0.455. The van der Waals surface area contributed by atoms with E-state index in [1.807, 2.05) is 30.3 Å². The van der Waals surface area contributed by atoms with E-state index in [1.54, 1.807) is 11.3 Å². The highest BCUT2D eigenvalue weighted by Crippen LogP contribution is 2.28. The van der Waals surface area contributed by atoms with Crippen LogP contribution in [0.15, 0.2) is 41.9 Å². The molecule has 0 atom stereocenters. The molecule has 4 nitrogen and oxygen atoms in total. The molecule has 0 bridgehead atoms. The molecule has 0 saturated heterocycles. The standard InChI is InChI=1S/C15H15N3OS/c1-2-4-12(5-3-1)19-14-13(10-16-11-6-7-11)18-8-9-20-15(18)17-14/h1-5,8-9,11,16H,6-7,10H2. The SMILES string of the molecule is c1ccc(Oc2nc3sccn3c2CNC2CC2)cc1. The third-order valence-electron chi connectivity index (χ3n) is 3.42. The van der Waals surface area contributed by atoms with Gasteiger partial charge in [-0.3, -0.25) is 4.40 Å². The number of thiazole rings is 1. The molecular formula is C15H15N3OS. The Morgan fingerprint density at radius 3 is 2.95 bits per heavy atom. The summed E-state index contributed by atoms with van der Waals surface area (Å²) in [5.41, 5.74) is 1.09. The van der Waals surface area contributed by atoms with Crippen LogP contribution in [0.25, 0.3) is 4.96 Å². The third kappa shape index (κ3) is 2.30. The Hall–Kier alpha value is -1.85. The Labute approximate surface area is 121 Å². The number of rotatable bonds is 5. The molecule has 0 aliphatic heterocycles. The van der Waals surface area contributed by atoms with Gasteiger partial charge < -0.3 is 10.1 Å². The first-order valence-corrected chi connectivity index (χ1v) is 7.69. The normalized spacial score (nSPS) is 14.8. The molecule has 5 heteroatoms. The lowest BCUT2D eigenvalue weighted by atomic mass is 10.3. The molecule has 1 aromatic carbocycles. The molecule has 0 unspecified atom stereocenters. The molecule has 4 rings (SSSR count). The van der Waals surface area contributed by atoms with Gasteiger partial charge >= 0.3 is 0 Å². The van der Waals surface area contributed by atoms with Gasteiger partial charge in [-0.25, -0.2) is 0 Å². The second-order valence-electron chi connectivity index (χ2n) is 4.99. The third-order valence-corrected chi connectivity index (χ3v) is 4.17. The fourth-order valence-electron chi connectivity index (χ4n) is 2.18. The molecule has 1 aliphatic rings. The summed E-state index contributed by atoms with van der Waals surface area (Å²) in [7, 11) is 0. The van der Waals surface area contributed by atoms with E-state index in [2.05, 4.69) is 26.3 Å². The Kier molecular flexibility index (Phi) is 2.94. The van der Waals surface area contributed by atoms with Gasteiger partial charge in [0.05, 0.1) is 0 Å². The Morgan fingerprint density at radius 1 is 1.30 bits per heavy atom. The molecule has 0 amide bonds. The summed E-state index contributed by atoms with van der Waals surface area (Å²) in [6.45, 7) is 0.796. The van der Waals surface area contributed by atoms with Crippen molar-refractivity contribution in [2.24, 2.45) is 0 Å². The van der Waals surface area contributed by atoms with Crippen molar-refractivity contribution in [1.82, 2.24) is 14.7 Å². The fraction of sp³-hybridized carbons (Fsp3) is 0.267. The van der Waals surface area contributed by atoms with E-state index in [0.29, 0.717) is 11.9 Å². The van der Waals surface area contributed by atoms with Crippen LogP contribution in [0.5, 0.6) is 11.6 Å². The van der Waals surface area contributed by atoms with Gasteiger partial charge in [0.25, 0.3) is 0 Å². The van der Waals surface area contributed by atoms with Crippen molar-refractivity contribution in [3.05, 3.63) is 47.6 Å². The van der Waals surface area contributed by atoms with Crippen LogP contribution in [0.1, 0.15) is 18.5 Å². The minimum absolute atomic E-state index is 0.670. The van der Waals surface area contributed by atoms with E-state index >= 15 is 0 Å². The van der Waals surface area contributed by atoms with Gasteiger partial charge in [-0.1, -0.05) is 18.2 Å². The minimum atomic E-state index is 0.670. The number of benzene rings is 1. The molecule has 0 radical (unpaired) electrons. The molecule has 3 aromatic rings. The summed E-state index contributed by atoms with van der Waals surface area (Å²) in [4.78, 5) is 5.56. The average Bonchev–Trinajstić information content (AvgIpc) is 3.09. The monoisotopic (exact) mass is 285 g/mol. The van der Waals surface area contributed by atoms with E-state index in [-0.39, 0.29) is 0 Å². The van der Waals surface area contributed by atoms with Crippen molar-refractivity contribution >= 4 is 16.3 Å². The zero-order valence-electron chi connectivity index (χ0n) is 11.0. The van der Waals surface area contributed by atoms with Crippen LogP contribution in [-0.2, 0) is 6.54 Å². The predicted octanol–water partition coefficient (Wildman–Crippen LogP) is 3.44. The van der Waals surface area contributed by atoms with E-state index in [1.165, 1.54) is 12.8 Å². The highest BCUT2D eigenvalue weighted by Gasteiger charge is 2.22. The second-order valence-corrected chi connectivity index (χ2v) is 5.86. The zero-order chi connectivity index (χ0) is 13.4. The highest BCUT2D eigenvalue weighted by molar-refractivity contribution is 7.15. The molecule has 102 valence electrons. The highest BCUT2D eigenvalue weighted by atomic mass is 32.1.